The molecule has 2 heterocycles. The number of nitrogens with zero attached hydrogens (tertiary/aromatic N) is 2. The zero-order valence-corrected chi connectivity index (χ0v) is 12.5. The average molecular weight is 308 g/mol. The van der Waals surface area contributed by atoms with Crippen molar-refractivity contribution in [1.82, 2.24) is 10.1 Å². The summed E-state index contributed by atoms with van der Waals surface area (Å²) in [5.74, 6) is -0.987. The molecule has 2 atom stereocenters. The van der Waals surface area contributed by atoms with E-state index in [0.29, 0.717) is 25.1 Å². The molecule has 3 rings (SSSR count). The van der Waals surface area contributed by atoms with Gasteiger partial charge in [0.05, 0.1) is 11.8 Å². The molecule has 1 aliphatic heterocycles. The summed E-state index contributed by atoms with van der Waals surface area (Å²) in [6.07, 6.45) is 0.00707. The van der Waals surface area contributed by atoms with Crippen LogP contribution in [-0.4, -0.2) is 27.8 Å². The molecule has 0 spiro atoms. The van der Waals surface area contributed by atoms with Gasteiger partial charge in [0.25, 0.3) is 0 Å². The van der Waals surface area contributed by atoms with Crippen LogP contribution in [0.15, 0.2) is 22.7 Å². The third-order valence-electron chi connectivity index (χ3n) is 4.25. The summed E-state index contributed by atoms with van der Waals surface area (Å²) in [5.41, 5.74) is 2.45. The van der Waals surface area contributed by atoms with Crippen LogP contribution in [0.25, 0.3) is 0 Å². The van der Waals surface area contributed by atoms with Crippen molar-refractivity contribution < 1.29 is 18.4 Å². The molecular formula is C16H18F2N2O2. The molecule has 1 aliphatic rings. The lowest BCUT2D eigenvalue weighted by Gasteiger charge is -2.24. The first-order valence-electron chi connectivity index (χ1n) is 7.24. The highest BCUT2D eigenvalue weighted by molar-refractivity contribution is 5.25. The SMILES string of the molecule is Cc1noc(C)c1CN1C[C@H](O)C[C@@H]1c1ccc(F)c(F)c1. The Morgan fingerprint density at radius 1 is 1.32 bits per heavy atom. The van der Waals surface area contributed by atoms with Crippen molar-refractivity contribution >= 4 is 0 Å². The molecule has 0 saturated carbocycles. The van der Waals surface area contributed by atoms with E-state index >= 15 is 0 Å². The van der Waals surface area contributed by atoms with E-state index < -0.39 is 17.7 Å². The van der Waals surface area contributed by atoms with Gasteiger partial charge in [-0.15, -0.1) is 0 Å². The molecule has 1 N–H and O–H groups in total. The highest BCUT2D eigenvalue weighted by Gasteiger charge is 2.33. The summed E-state index contributed by atoms with van der Waals surface area (Å²) >= 11 is 0. The molecule has 1 fully saturated rings. The largest absolute Gasteiger partial charge is 0.392 e. The summed E-state index contributed by atoms with van der Waals surface area (Å²) < 4.78 is 31.8. The Bertz CT molecular complexity index is 667. The minimum Gasteiger partial charge on any atom is -0.392 e. The van der Waals surface area contributed by atoms with Crippen molar-refractivity contribution in [3.63, 3.8) is 0 Å². The number of halogens is 2. The average Bonchev–Trinajstić information content (AvgIpc) is 2.99. The molecule has 1 aromatic carbocycles. The quantitative estimate of drug-likeness (QED) is 0.947. The predicted octanol–water partition coefficient (Wildman–Crippen LogP) is 2.88. The molecule has 0 radical (unpaired) electrons. The number of β-amino-alcohol motifs (C(OH)–C–C–N with tert-alkyl or cyclic N) is 1. The molecule has 1 saturated heterocycles. The van der Waals surface area contributed by atoms with Crippen molar-refractivity contribution in [1.29, 1.82) is 0 Å². The molecular weight excluding hydrogens is 290 g/mol. The van der Waals surface area contributed by atoms with E-state index in [1.54, 1.807) is 6.07 Å². The van der Waals surface area contributed by atoms with Crippen LogP contribution in [0, 0.1) is 25.5 Å². The molecule has 0 amide bonds. The Balaban J connectivity index is 1.87. The fourth-order valence-corrected chi connectivity index (χ4v) is 3.05. The molecule has 4 nitrogen and oxygen atoms in total. The zero-order chi connectivity index (χ0) is 15.9. The third kappa shape index (κ3) is 2.76. The third-order valence-corrected chi connectivity index (χ3v) is 4.25. The maximum atomic E-state index is 13.5. The Morgan fingerprint density at radius 3 is 2.73 bits per heavy atom. The van der Waals surface area contributed by atoms with Gasteiger partial charge in [-0.05, 0) is 38.0 Å². The van der Waals surface area contributed by atoms with Crippen LogP contribution >= 0.6 is 0 Å². The summed E-state index contributed by atoms with van der Waals surface area (Å²) in [6, 6.07) is 3.75. The minimum absolute atomic E-state index is 0.154. The van der Waals surface area contributed by atoms with Crippen LogP contribution in [0.1, 0.15) is 35.0 Å². The molecule has 118 valence electrons. The van der Waals surface area contributed by atoms with Crippen molar-refractivity contribution in [2.75, 3.05) is 6.54 Å². The number of aryl methyl sites for hydroxylation is 2. The normalized spacial score (nSPS) is 22.4. The fourth-order valence-electron chi connectivity index (χ4n) is 3.05. The second kappa shape index (κ2) is 5.78. The van der Waals surface area contributed by atoms with Crippen molar-refractivity contribution in [2.24, 2.45) is 0 Å². The number of aliphatic hydroxyl groups is 1. The van der Waals surface area contributed by atoms with Crippen LogP contribution in [-0.2, 0) is 6.54 Å². The van der Waals surface area contributed by atoms with Crippen molar-refractivity contribution in [2.45, 2.75) is 39.0 Å². The molecule has 6 heteroatoms. The van der Waals surface area contributed by atoms with Gasteiger partial charge < -0.3 is 9.63 Å². The van der Waals surface area contributed by atoms with Gasteiger partial charge in [-0.1, -0.05) is 11.2 Å². The smallest absolute Gasteiger partial charge is 0.159 e. The predicted molar refractivity (Wildman–Crippen MR) is 76.1 cm³/mol. The number of aromatic nitrogens is 1. The molecule has 0 bridgehead atoms. The lowest BCUT2D eigenvalue weighted by atomic mass is 10.0. The maximum Gasteiger partial charge on any atom is 0.159 e. The van der Waals surface area contributed by atoms with Gasteiger partial charge in [0.15, 0.2) is 11.6 Å². The highest BCUT2D eigenvalue weighted by atomic mass is 19.2. The monoisotopic (exact) mass is 308 g/mol. The van der Waals surface area contributed by atoms with Crippen LogP contribution in [0.2, 0.25) is 0 Å². The summed E-state index contributed by atoms with van der Waals surface area (Å²) in [4.78, 5) is 2.05. The molecule has 2 aromatic rings. The number of hydrogen-bond donors (Lipinski definition) is 1. The fraction of sp³-hybridized carbons (Fsp3) is 0.438. The maximum absolute atomic E-state index is 13.5. The second-order valence-corrected chi connectivity index (χ2v) is 5.81. The van der Waals surface area contributed by atoms with Gasteiger partial charge in [0, 0.05) is 24.7 Å². The Labute approximate surface area is 127 Å². The first-order chi connectivity index (χ1) is 10.5. The van der Waals surface area contributed by atoms with Crippen LogP contribution in [0.5, 0.6) is 0 Å². The first-order valence-corrected chi connectivity index (χ1v) is 7.24. The second-order valence-electron chi connectivity index (χ2n) is 5.81. The molecule has 0 unspecified atom stereocenters. The number of aliphatic hydroxyl groups excluding tert-OH is 1. The summed E-state index contributed by atoms with van der Waals surface area (Å²) in [6.45, 7) is 4.74. The van der Waals surface area contributed by atoms with Crippen LogP contribution < -0.4 is 0 Å². The van der Waals surface area contributed by atoms with E-state index in [9.17, 15) is 13.9 Å². The van der Waals surface area contributed by atoms with E-state index in [-0.39, 0.29) is 6.04 Å². The van der Waals surface area contributed by atoms with Crippen LogP contribution in [0.3, 0.4) is 0 Å². The summed E-state index contributed by atoms with van der Waals surface area (Å²) in [5, 5.41) is 13.9. The number of rotatable bonds is 3. The first kappa shape index (κ1) is 15.1. The number of hydrogen-bond acceptors (Lipinski definition) is 4. The van der Waals surface area contributed by atoms with E-state index in [2.05, 4.69) is 5.16 Å². The topological polar surface area (TPSA) is 49.5 Å². The van der Waals surface area contributed by atoms with Crippen molar-refractivity contribution in [3.05, 3.63) is 52.4 Å². The Morgan fingerprint density at radius 2 is 2.09 bits per heavy atom. The lowest BCUT2D eigenvalue weighted by molar-refractivity contribution is 0.172. The van der Waals surface area contributed by atoms with Gasteiger partial charge in [-0.3, -0.25) is 4.90 Å². The van der Waals surface area contributed by atoms with Gasteiger partial charge >= 0.3 is 0 Å². The van der Waals surface area contributed by atoms with Gasteiger partial charge in [-0.25, -0.2) is 8.78 Å². The van der Waals surface area contributed by atoms with E-state index in [4.69, 9.17) is 4.52 Å². The Kier molecular flexibility index (Phi) is 3.97. The van der Waals surface area contributed by atoms with E-state index in [1.165, 1.54) is 6.07 Å². The van der Waals surface area contributed by atoms with Gasteiger partial charge in [0.1, 0.15) is 5.76 Å². The number of likely N-dealkylation sites (tertiary alicyclic amines) is 1. The van der Waals surface area contributed by atoms with Gasteiger partial charge in [-0.2, -0.15) is 0 Å². The van der Waals surface area contributed by atoms with E-state index in [1.807, 2.05) is 18.7 Å². The lowest BCUT2D eigenvalue weighted by Crippen LogP contribution is -2.25. The molecule has 0 aliphatic carbocycles. The van der Waals surface area contributed by atoms with Gasteiger partial charge in [0.2, 0.25) is 0 Å². The van der Waals surface area contributed by atoms with E-state index in [0.717, 1.165) is 23.1 Å². The number of benzene rings is 1. The molecule has 22 heavy (non-hydrogen) atoms. The minimum atomic E-state index is -0.865. The summed E-state index contributed by atoms with van der Waals surface area (Å²) in [7, 11) is 0. The Hall–Kier alpha value is -1.79. The standard InChI is InChI=1S/C16H18F2N2O2/c1-9-13(10(2)22-19-9)8-20-7-12(21)6-16(20)11-3-4-14(17)15(18)5-11/h3-5,12,16,21H,6-8H2,1-2H3/t12-,16-/m1/s1. The highest BCUT2D eigenvalue weighted by Crippen LogP contribution is 2.34. The van der Waals surface area contributed by atoms with Crippen LogP contribution in [0.4, 0.5) is 8.78 Å². The van der Waals surface area contributed by atoms with Crippen molar-refractivity contribution in [3.8, 4) is 0 Å². The molecule has 1 aromatic heterocycles. The zero-order valence-electron chi connectivity index (χ0n) is 12.5.